The van der Waals surface area contributed by atoms with Crippen LogP contribution in [0.3, 0.4) is 0 Å². The van der Waals surface area contributed by atoms with Crippen molar-refractivity contribution in [3.63, 3.8) is 0 Å². The van der Waals surface area contributed by atoms with Gasteiger partial charge in [0.05, 0.1) is 6.10 Å². The summed E-state index contributed by atoms with van der Waals surface area (Å²) >= 11 is 0. The molecule has 4 aliphatic rings. The second kappa shape index (κ2) is 10.2. The Kier molecular flexibility index (Phi) is 7.86. The van der Waals surface area contributed by atoms with Crippen molar-refractivity contribution in [3.8, 4) is 0 Å². The molecule has 4 rings (SSSR count). The van der Waals surface area contributed by atoms with Crippen LogP contribution in [0.2, 0.25) is 0 Å². The molecule has 0 aromatic carbocycles. The van der Waals surface area contributed by atoms with E-state index < -0.39 is 0 Å². The molecule has 9 atom stereocenters. The summed E-state index contributed by atoms with van der Waals surface area (Å²) in [6, 6.07) is 0. The van der Waals surface area contributed by atoms with Crippen molar-refractivity contribution in [1.82, 2.24) is 0 Å². The maximum Gasteiger partial charge on any atom is 0.146 e. The van der Waals surface area contributed by atoms with Gasteiger partial charge in [-0.1, -0.05) is 65.3 Å². The maximum absolute atomic E-state index is 5.98. The fraction of sp³-hybridized carbons (Fsp3) is 0.871. The van der Waals surface area contributed by atoms with E-state index in [2.05, 4.69) is 59.8 Å². The molecule has 0 amide bonds. The van der Waals surface area contributed by atoms with Crippen LogP contribution in [0.15, 0.2) is 23.8 Å². The van der Waals surface area contributed by atoms with E-state index in [1.807, 2.05) is 0 Å². The molecule has 0 bridgehead atoms. The SMILES string of the molecule is CCC(C=C[C@@H](C)[C@H]1CC[C@H]2[C@@H]3CC=C4C[C@@H](OCOC)CC[C@]4(C)[C@H]3CC[C@]12C)C(C)C. The molecule has 0 heterocycles. The van der Waals surface area contributed by atoms with Gasteiger partial charge in [0, 0.05) is 7.11 Å². The fourth-order valence-electron chi connectivity index (χ4n) is 9.12. The minimum Gasteiger partial charge on any atom is -0.359 e. The van der Waals surface area contributed by atoms with E-state index in [1.165, 1.54) is 51.4 Å². The van der Waals surface area contributed by atoms with E-state index in [-0.39, 0.29) is 0 Å². The van der Waals surface area contributed by atoms with Crippen molar-refractivity contribution in [2.45, 2.75) is 105 Å². The molecule has 3 fully saturated rings. The summed E-state index contributed by atoms with van der Waals surface area (Å²) in [6.07, 6.45) is 20.2. The van der Waals surface area contributed by atoms with Crippen molar-refractivity contribution in [1.29, 1.82) is 0 Å². The number of hydrogen-bond donors (Lipinski definition) is 0. The Labute approximate surface area is 205 Å². The van der Waals surface area contributed by atoms with Gasteiger partial charge in [-0.3, -0.25) is 0 Å². The zero-order chi connectivity index (χ0) is 23.8. The Morgan fingerprint density at radius 2 is 1.82 bits per heavy atom. The summed E-state index contributed by atoms with van der Waals surface area (Å²) in [7, 11) is 1.73. The molecule has 3 saturated carbocycles. The lowest BCUT2D eigenvalue weighted by Gasteiger charge is -2.58. The van der Waals surface area contributed by atoms with Gasteiger partial charge in [0.1, 0.15) is 6.79 Å². The van der Waals surface area contributed by atoms with E-state index in [0.29, 0.717) is 29.6 Å². The first kappa shape index (κ1) is 25.5. The normalized spacial score (nSPS) is 42.5. The number of ether oxygens (including phenoxy) is 2. The molecule has 33 heavy (non-hydrogen) atoms. The van der Waals surface area contributed by atoms with E-state index >= 15 is 0 Å². The molecule has 188 valence electrons. The van der Waals surface area contributed by atoms with Crippen LogP contribution in [0, 0.1) is 52.3 Å². The highest BCUT2D eigenvalue weighted by Crippen LogP contribution is 2.67. The number of allylic oxidation sites excluding steroid dienone is 3. The standard InChI is InChI=1S/C31H52O2/c1-8-23(21(2)3)10-9-22(4)27-13-14-28-26-12-11-24-19-25(33-20-32-7)15-17-30(24,5)29(26)16-18-31(27,28)6/h9-11,21-23,25-29H,8,12-20H2,1-7H3/t22-,23?,25+,26+,27-,28+,29+,30+,31-/m1/s1. The van der Waals surface area contributed by atoms with Gasteiger partial charge < -0.3 is 9.47 Å². The highest BCUT2D eigenvalue weighted by molar-refractivity contribution is 5.25. The Morgan fingerprint density at radius 3 is 2.52 bits per heavy atom. The maximum atomic E-state index is 5.98. The lowest BCUT2D eigenvalue weighted by Crippen LogP contribution is -2.51. The van der Waals surface area contributed by atoms with Crippen LogP contribution in [0.4, 0.5) is 0 Å². The molecule has 0 spiro atoms. The van der Waals surface area contributed by atoms with Crippen LogP contribution in [-0.2, 0) is 9.47 Å². The van der Waals surface area contributed by atoms with Crippen LogP contribution in [0.1, 0.15) is 99.3 Å². The van der Waals surface area contributed by atoms with Crippen molar-refractivity contribution < 1.29 is 9.47 Å². The first-order chi connectivity index (χ1) is 15.7. The van der Waals surface area contributed by atoms with Gasteiger partial charge in [-0.2, -0.15) is 0 Å². The van der Waals surface area contributed by atoms with Crippen LogP contribution in [-0.4, -0.2) is 20.0 Å². The van der Waals surface area contributed by atoms with Gasteiger partial charge in [-0.05, 0) is 110 Å². The van der Waals surface area contributed by atoms with Crippen molar-refractivity contribution in [2.24, 2.45) is 52.3 Å². The van der Waals surface area contributed by atoms with Crippen molar-refractivity contribution in [3.05, 3.63) is 23.8 Å². The summed E-state index contributed by atoms with van der Waals surface area (Å²) < 4.78 is 11.2. The van der Waals surface area contributed by atoms with Crippen LogP contribution in [0.5, 0.6) is 0 Å². The lowest BCUT2D eigenvalue weighted by molar-refractivity contribution is -0.0980. The molecule has 2 nitrogen and oxygen atoms in total. The van der Waals surface area contributed by atoms with E-state index in [4.69, 9.17) is 9.47 Å². The molecule has 0 radical (unpaired) electrons. The Balaban J connectivity index is 1.48. The van der Waals surface area contributed by atoms with Gasteiger partial charge in [0.2, 0.25) is 0 Å². The third kappa shape index (κ3) is 4.65. The molecule has 0 aliphatic heterocycles. The quantitative estimate of drug-likeness (QED) is 0.269. The monoisotopic (exact) mass is 456 g/mol. The van der Waals surface area contributed by atoms with Gasteiger partial charge in [-0.25, -0.2) is 0 Å². The number of hydrogen-bond acceptors (Lipinski definition) is 2. The Morgan fingerprint density at radius 1 is 1.03 bits per heavy atom. The molecule has 0 saturated heterocycles. The van der Waals surface area contributed by atoms with Gasteiger partial charge >= 0.3 is 0 Å². The molecule has 0 N–H and O–H groups in total. The highest BCUT2D eigenvalue weighted by Gasteiger charge is 2.59. The smallest absolute Gasteiger partial charge is 0.146 e. The fourth-order valence-corrected chi connectivity index (χ4v) is 9.12. The molecule has 1 unspecified atom stereocenters. The lowest BCUT2D eigenvalue weighted by atomic mass is 9.47. The summed E-state index contributed by atoms with van der Waals surface area (Å²) in [5, 5.41) is 0. The predicted octanol–water partition coefficient (Wildman–Crippen LogP) is 8.43. The average Bonchev–Trinajstić information content (AvgIpc) is 3.15. The predicted molar refractivity (Wildman–Crippen MR) is 139 cm³/mol. The highest BCUT2D eigenvalue weighted by atomic mass is 16.7. The molecule has 0 aromatic heterocycles. The van der Waals surface area contributed by atoms with Crippen LogP contribution < -0.4 is 0 Å². The number of methoxy groups -OCH3 is 1. The van der Waals surface area contributed by atoms with Gasteiger partial charge in [0.15, 0.2) is 0 Å². The first-order valence-electron chi connectivity index (χ1n) is 14.2. The number of fused-ring (bicyclic) bond motifs is 5. The molecular weight excluding hydrogens is 404 g/mol. The second-order valence-electron chi connectivity index (χ2n) is 13.0. The van der Waals surface area contributed by atoms with Crippen LogP contribution >= 0.6 is 0 Å². The molecular formula is C31H52O2. The minimum absolute atomic E-state index is 0.357. The van der Waals surface area contributed by atoms with E-state index in [9.17, 15) is 0 Å². The third-order valence-electron chi connectivity index (χ3n) is 11.2. The van der Waals surface area contributed by atoms with Gasteiger partial charge in [-0.15, -0.1) is 0 Å². The Hall–Kier alpha value is -0.600. The molecule has 4 aliphatic carbocycles. The Bertz CT molecular complexity index is 722. The summed E-state index contributed by atoms with van der Waals surface area (Å²) in [5.74, 6) is 5.76. The summed E-state index contributed by atoms with van der Waals surface area (Å²) in [5.41, 5.74) is 2.65. The molecule has 0 aromatic rings. The van der Waals surface area contributed by atoms with Crippen molar-refractivity contribution in [2.75, 3.05) is 13.9 Å². The first-order valence-corrected chi connectivity index (χ1v) is 14.2. The minimum atomic E-state index is 0.357. The average molecular weight is 457 g/mol. The second-order valence-corrected chi connectivity index (χ2v) is 13.0. The topological polar surface area (TPSA) is 18.5 Å². The third-order valence-corrected chi connectivity index (χ3v) is 11.2. The molecule has 2 heteroatoms. The van der Waals surface area contributed by atoms with E-state index in [0.717, 1.165) is 41.9 Å². The van der Waals surface area contributed by atoms with Gasteiger partial charge in [0.25, 0.3) is 0 Å². The van der Waals surface area contributed by atoms with E-state index in [1.54, 1.807) is 12.7 Å². The zero-order valence-electron chi connectivity index (χ0n) is 22.7. The van der Waals surface area contributed by atoms with Crippen molar-refractivity contribution >= 4 is 0 Å². The van der Waals surface area contributed by atoms with Crippen LogP contribution in [0.25, 0.3) is 0 Å². The largest absolute Gasteiger partial charge is 0.359 e. The number of rotatable bonds is 8. The summed E-state index contributed by atoms with van der Waals surface area (Å²) in [6.45, 7) is 15.4. The summed E-state index contributed by atoms with van der Waals surface area (Å²) in [4.78, 5) is 0. The zero-order valence-corrected chi connectivity index (χ0v) is 22.7.